The van der Waals surface area contributed by atoms with Gasteiger partial charge in [0.1, 0.15) is 17.4 Å². The van der Waals surface area contributed by atoms with Crippen molar-refractivity contribution in [2.24, 2.45) is 0 Å². The number of nitriles is 1. The van der Waals surface area contributed by atoms with Crippen LogP contribution in [0.25, 0.3) is 27.5 Å². The van der Waals surface area contributed by atoms with Gasteiger partial charge in [-0.05, 0) is 36.8 Å². The molecule has 2 heterocycles. The minimum Gasteiger partial charge on any atom is -0.510 e. The van der Waals surface area contributed by atoms with Gasteiger partial charge >= 0.3 is 0 Å². The minimum absolute atomic E-state index is 0.0193. The number of nitrogens with zero attached hydrogens (tertiary/aromatic N) is 3. The van der Waals surface area contributed by atoms with Crippen LogP contribution in [0.1, 0.15) is 11.4 Å². The molecule has 0 amide bonds. The number of H-pyrrole nitrogens is 1. The summed E-state index contributed by atoms with van der Waals surface area (Å²) in [5, 5.41) is 21.9. The van der Waals surface area contributed by atoms with Crippen LogP contribution in [0.4, 0.5) is 0 Å². The average molecular weight is 372 g/mol. The smallest absolute Gasteiger partial charge is 0.152 e. The van der Waals surface area contributed by atoms with Crippen molar-refractivity contribution < 1.29 is 5.11 Å². The van der Waals surface area contributed by atoms with E-state index in [0.717, 1.165) is 32.5 Å². The lowest BCUT2D eigenvalue weighted by molar-refractivity contribution is 0.420. The van der Waals surface area contributed by atoms with Gasteiger partial charge in [0.2, 0.25) is 0 Å². The predicted molar refractivity (Wildman–Crippen MR) is 108 cm³/mol. The Hall–Kier alpha value is -3.30. The molecule has 0 fully saturated rings. The number of aliphatic hydroxyl groups is 1. The lowest BCUT2D eigenvalue weighted by Gasteiger charge is -2.06. The van der Waals surface area contributed by atoms with Crippen LogP contribution in [0.15, 0.2) is 65.4 Å². The molecule has 27 heavy (non-hydrogen) atoms. The molecular weight excluding hydrogens is 356 g/mol. The zero-order chi connectivity index (χ0) is 18.8. The first-order valence-electron chi connectivity index (χ1n) is 8.42. The lowest BCUT2D eigenvalue weighted by Crippen LogP contribution is -1.96. The van der Waals surface area contributed by atoms with Gasteiger partial charge in [0.05, 0.1) is 27.3 Å². The highest BCUT2D eigenvalue weighted by Gasteiger charge is 2.14. The van der Waals surface area contributed by atoms with Gasteiger partial charge in [-0.3, -0.25) is 0 Å². The monoisotopic (exact) mass is 372 g/mol. The van der Waals surface area contributed by atoms with Crippen molar-refractivity contribution in [1.82, 2.24) is 15.0 Å². The van der Waals surface area contributed by atoms with Gasteiger partial charge in [-0.15, -0.1) is 0 Å². The Morgan fingerprint density at radius 2 is 1.85 bits per heavy atom. The van der Waals surface area contributed by atoms with Gasteiger partial charge in [0, 0.05) is 5.39 Å². The van der Waals surface area contributed by atoms with E-state index in [-0.39, 0.29) is 17.1 Å². The molecular formula is C21H16N4OS. The Kier molecular flexibility index (Phi) is 4.53. The number of allylic oxidation sites excluding steroid dienone is 1. The van der Waals surface area contributed by atoms with E-state index >= 15 is 0 Å². The topological polar surface area (TPSA) is 85.6 Å². The fourth-order valence-electron chi connectivity index (χ4n) is 2.93. The van der Waals surface area contributed by atoms with Gasteiger partial charge in [0.15, 0.2) is 5.82 Å². The highest BCUT2D eigenvalue weighted by molar-refractivity contribution is 7.99. The number of aromatic amines is 1. The number of aromatic nitrogens is 3. The summed E-state index contributed by atoms with van der Waals surface area (Å²) in [7, 11) is 0. The second kappa shape index (κ2) is 7.14. The molecule has 0 aliphatic carbocycles. The van der Waals surface area contributed by atoms with Crippen LogP contribution in [0.2, 0.25) is 0 Å². The van der Waals surface area contributed by atoms with Crippen molar-refractivity contribution in [3.05, 3.63) is 71.7 Å². The van der Waals surface area contributed by atoms with E-state index in [2.05, 4.69) is 21.0 Å². The number of pyridine rings is 1. The second-order valence-corrected chi connectivity index (χ2v) is 7.11. The van der Waals surface area contributed by atoms with E-state index in [1.807, 2.05) is 61.5 Å². The zero-order valence-electron chi connectivity index (χ0n) is 14.6. The summed E-state index contributed by atoms with van der Waals surface area (Å²) in [4.78, 5) is 12.1. The van der Waals surface area contributed by atoms with E-state index in [1.165, 1.54) is 11.8 Å². The highest BCUT2D eigenvalue weighted by Crippen LogP contribution is 2.26. The van der Waals surface area contributed by atoms with Crippen LogP contribution in [0.3, 0.4) is 0 Å². The molecule has 132 valence electrons. The molecule has 2 N–H and O–H groups in total. The molecule has 0 saturated carbocycles. The van der Waals surface area contributed by atoms with Crippen LogP contribution in [0.5, 0.6) is 0 Å². The Labute approximate surface area is 160 Å². The summed E-state index contributed by atoms with van der Waals surface area (Å²) in [6, 6.07) is 19.5. The largest absolute Gasteiger partial charge is 0.510 e. The van der Waals surface area contributed by atoms with E-state index < -0.39 is 0 Å². The SMILES string of the molecule is Cc1cc(SCC(O)=C(C#N)c2nc3ccccc3[nH]2)nc2ccccc12. The Morgan fingerprint density at radius 1 is 1.11 bits per heavy atom. The van der Waals surface area contributed by atoms with Crippen molar-refractivity contribution in [2.75, 3.05) is 5.75 Å². The summed E-state index contributed by atoms with van der Waals surface area (Å²) in [5.74, 6) is 0.596. The Balaban J connectivity index is 1.62. The fraction of sp³-hybridized carbons (Fsp3) is 0.0952. The van der Waals surface area contributed by atoms with Crippen molar-refractivity contribution in [3.8, 4) is 6.07 Å². The van der Waals surface area contributed by atoms with Crippen LogP contribution >= 0.6 is 11.8 Å². The van der Waals surface area contributed by atoms with Crippen LogP contribution in [0, 0.1) is 18.3 Å². The molecule has 0 aliphatic heterocycles. The van der Waals surface area contributed by atoms with E-state index in [1.54, 1.807) is 0 Å². The molecule has 0 unspecified atom stereocenters. The van der Waals surface area contributed by atoms with Gasteiger partial charge in [-0.25, -0.2) is 9.97 Å². The molecule has 0 aliphatic rings. The maximum atomic E-state index is 10.5. The maximum absolute atomic E-state index is 10.5. The third-order valence-corrected chi connectivity index (χ3v) is 5.21. The molecule has 2 aromatic carbocycles. The summed E-state index contributed by atoms with van der Waals surface area (Å²) in [6.07, 6.45) is 0. The molecule has 0 saturated heterocycles. The maximum Gasteiger partial charge on any atom is 0.152 e. The molecule has 5 nitrogen and oxygen atoms in total. The molecule has 0 radical (unpaired) electrons. The molecule has 2 aromatic heterocycles. The van der Waals surface area contributed by atoms with Crippen molar-refractivity contribution in [1.29, 1.82) is 5.26 Å². The predicted octanol–water partition coefficient (Wildman–Crippen LogP) is 5.00. The number of aryl methyl sites for hydroxylation is 1. The fourth-order valence-corrected chi connectivity index (χ4v) is 3.78. The number of thioether (sulfide) groups is 1. The van der Waals surface area contributed by atoms with Crippen LogP contribution in [-0.2, 0) is 0 Å². The van der Waals surface area contributed by atoms with Crippen molar-refractivity contribution in [3.63, 3.8) is 0 Å². The molecule has 0 atom stereocenters. The second-order valence-electron chi connectivity index (χ2n) is 6.12. The highest BCUT2D eigenvalue weighted by atomic mass is 32.2. The molecule has 4 rings (SSSR count). The number of benzene rings is 2. The van der Waals surface area contributed by atoms with E-state index in [9.17, 15) is 10.4 Å². The third-order valence-electron chi connectivity index (χ3n) is 4.28. The van der Waals surface area contributed by atoms with E-state index in [4.69, 9.17) is 0 Å². The standard InChI is InChI=1S/C21H16N4OS/c1-13-10-20(23-16-7-3-2-6-14(13)16)27-12-19(26)15(11-22)21-24-17-8-4-5-9-18(17)25-21/h2-10,26H,12H2,1H3,(H,24,25). The van der Waals surface area contributed by atoms with Gasteiger partial charge in [-0.1, -0.05) is 42.1 Å². The first kappa shape index (κ1) is 17.1. The number of nitrogens with one attached hydrogen (secondary N) is 1. The van der Waals surface area contributed by atoms with Crippen molar-refractivity contribution in [2.45, 2.75) is 11.9 Å². The normalized spacial score (nSPS) is 12.1. The number of imidazole rings is 1. The van der Waals surface area contributed by atoms with Gasteiger partial charge in [-0.2, -0.15) is 5.26 Å². The first-order valence-corrected chi connectivity index (χ1v) is 9.41. The number of hydrogen-bond acceptors (Lipinski definition) is 5. The van der Waals surface area contributed by atoms with E-state index in [0.29, 0.717) is 5.82 Å². The van der Waals surface area contributed by atoms with Crippen LogP contribution in [-0.4, -0.2) is 25.8 Å². The first-order chi connectivity index (χ1) is 13.2. The quantitative estimate of drug-likeness (QED) is 0.299. The minimum atomic E-state index is -0.0193. The number of aliphatic hydroxyl groups excluding tert-OH is 1. The lowest BCUT2D eigenvalue weighted by atomic mass is 10.1. The average Bonchev–Trinajstić information content (AvgIpc) is 3.10. The summed E-state index contributed by atoms with van der Waals surface area (Å²) < 4.78 is 0. The molecule has 0 spiro atoms. The van der Waals surface area contributed by atoms with Crippen molar-refractivity contribution >= 4 is 39.3 Å². The van der Waals surface area contributed by atoms with Crippen LogP contribution < -0.4 is 0 Å². The Bertz CT molecular complexity index is 1190. The molecule has 6 heteroatoms. The molecule has 4 aromatic rings. The third kappa shape index (κ3) is 3.37. The Morgan fingerprint density at radius 3 is 2.63 bits per heavy atom. The number of para-hydroxylation sites is 3. The summed E-state index contributed by atoms with van der Waals surface area (Å²) in [6.45, 7) is 2.04. The molecule has 0 bridgehead atoms. The summed E-state index contributed by atoms with van der Waals surface area (Å²) in [5.41, 5.74) is 3.78. The van der Waals surface area contributed by atoms with Gasteiger partial charge < -0.3 is 10.1 Å². The number of fused-ring (bicyclic) bond motifs is 2. The van der Waals surface area contributed by atoms with Gasteiger partial charge in [0.25, 0.3) is 0 Å². The number of hydrogen-bond donors (Lipinski definition) is 2. The summed E-state index contributed by atoms with van der Waals surface area (Å²) >= 11 is 1.39. The number of rotatable bonds is 4. The zero-order valence-corrected chi connectivity index (χ0v) is 15.4.